The van der Waals surface area contributed by atoms with Crippen LogP contribution in [0.3, 0.4) is 0 Å². The number of aromatic hydroxyl groups is 1. The molecule has 0 spiro atoms. The van der Waals surface area contributed by atoms with Crippen LogP contribution < -0.4 is 10.6 Å². The highest BCUT2D eigenvalue weighted by Gasteiger charge is 2.30. The van der Waals surface area contributed by atoms with Gasteiger partial charge in [-0.25, -0.2) is 9.79 Å². The van der Waals surface area contributed by atoms with Crippen molar-refractivity contribution in [3.63, 3.8) is 0 Å². The predicted molar refractivity (Wildman–Crippen MR) is 120 cm³/mol. The van der Waals surface area contributed by atoms with Gasteiger partial charge in [-0.2, -0.15) is 13.2 Å². The van der Waals surface area contributed by atoms with Crippen LogP contribution in [0.2, 0.25) is 0 Å². The monoisotopic (exact) mass is 463 g/mol. The van der Waals surface area contributed by atoms with Gasteiger partial charge in [-0.1, -0.05) is 37.8 Å². The zero-order valence-electron chi connectivity index (χ0n) is 18.4. The van der Waals surface area contributed by atoms with Crippen molar-refractivity contribution < 1.29 is 27.8 Å². The first kappa shape index (κ1) is 24.4. The van der Waals surface area contributed by atoms with E-state index in [4.69, 9.17) is 4.74 Å². The summed E-state index contributed by atoms with van der Waals surface area (Å²) in [6, 6.07) is 9.41. The molecular weight excluding hydrogens is 435 g/mol. The molecule has 0 unspecified atom stereocenters. The van der Waals surface area contributed by atoms with Crippen LogP contribution in [0.15, 0.2) is 47.5 Å². The summed E-state index contributed by atoms with van der Waals surface area (Å²) < 4.78 is 43.9. The zero-order valence-corrected chi connectivity index (χ0v) is 18.4. The van der Waals surface area contributed by atoms with Crippen molar-refractivity contribution >= 4 is 17.6 Å². The van der Waals surface area contributed by atoms with E-state index in [0.29, 0.717) is 11.5 Å². The van der Waals surface area contributed by atoms with E-state index in [1.807, 2.05) is 0 Å². The van der Waals surface area contributed by atoms with Crippen molar-refractivity contribution in [2.75, 3.05) is 12.4 Å². The number of ether oxygens (including phenoxy) is 1. The molecule has 0 saturated heterocycles. The fourth-order valence-corrected chi connectivity index (χ4v) is 3.76. The standard InChI is InChI=1S/C24H28F3N3O3/c1-33-22(32)17-11-12-21(31)20(14-17)30-23(29-19-9-4-2-3-5-10-19)28-15-16-7-6-8-18(13-16)24(25,26)27/h6-8,11-14,19,31H,2-5,9-10,15H2,1H3,(H2,28,29,30). The van der Waals surface area contributed by atoms with Gasteiger partial charge in [0.15, 0.2) is 5.96 Å². The minimum absolute atomic E-state index is 0.00340. The normalized spacial score (nSPS) is 15.6. The number of methoxy groups -OCH3 is 1. The van der Waals surface area contributed by atoms with E-state index >= 15 is 0 Å². The van der Waals surface area contributed by atoms with Gasteiger partial charge in [-0.15, -0.1) is 0 Å². The second kappa shape index (κ2) is 11.1. The van der Waals surface area contributed by atoms with Crippen LogP contribution in [0.5, 0.6) is 5.75 Å². The van der Waals surface area contributed by atoms with Crippen molar-refractivity contribution in [3.05, 3.63) is 59.2 Å². The number of aliphatic imine (C=N–C) groups is 1. The molecular formula is C24H28F3N3O3. The van der Waals surface area contributed by atoms with Gasteiger partial charge in [0.05, 0.1) is 30.5 Å². The van der Waals surface area contributed by atoms with E-state index in [0.717, 1.165) is 50.7 Å². The summed E-state index contributed by atoms with van der Waals surface area (Å²) in [5, 5.41) is 16.6. The van der Waals surface area contributed by atoms with E-state index < -0.39 is 17.7 Å². The highest BCUT2D eigenvalue weighted by Crippen LogP contribution is 2.30. The van der Waals surface area contributed by atoms with Crippen LogP contribution in [-0.4, -0.2) is 30.2 Å². The van der Waals surface area contributed by atoms with Gasteiger partial charge in [0.25, 0.3) is 0 Å². The average molecular weight is 464 g/mol. The third-order valence-corrected chi connectivity index (χ3v) is 5.54. The summed E-state index contributed by atoms with van der Waals surface area (Å²) >= 11 is 0. The van der Waals surface area contributed by atoms with Crippen LogP contribution in [0.4, 0.5) is 18.9 Å². The quantitative estimate of drug-likeness (QED) is 0.180. The van der Waals surface area contributed by atoms with Crippen molar-refractivity contribution in [2.45, 2.75) is 57.3 Å². The number of nitrogens with zero attached hydrogens (tertiary/aromatic N) is 1. The molecule has 3 N–H and O–H groups in total. The molecule has 0 amide bonds. The summed E-state index contributed by atoms with van der Waals surface area (Å²) in [5.41, 5.74) is 0.149. The van der Waals surface area contributed by atoms with Crippen LogP contribution in [0, 0.1) is 0 Å². The van der Waals surface area contributed by atoms with Gasteiger partial charge < -0.3 is 20.5 Å². The number of anilines is 1. The number of phenolic OH excluding ortho intramolecular Hbond substituents is 1. The Balaban J connectivity index is 1.85. The lowest BCUT2D eigenvalue weighted by Gasteiger charge is -2.21. The Morgan fingerprint density at radius 3 is 2.52 bits per heavy atom. The molecule has 0 radical (unpaired) electrons. The molecule has 9 heteroatoms. The molecule has 178 valence electrons. The van der Waals surface area contributed by atoms with Crippen LogP contribution >= 0.6 is 0 Å². The molecule has 33 heavy (non-hydrogen) atoms. The maximum atomic E-state index is 13.1. The molecule has 0 aromatic heterocycles. The van der Waals surface area contributed by atoms with Gasteiger partial charge in [0.2, 0.25) is 0 Å². The van der Waals surface area contributed by atoms with E-state index in [9.17, 15) is 23.1 Å². The van der Waals surface area contributed by atoms with E-state index in [1.54, 1.807) is 6.07 Å². The molecule has 2 aromatic rings. The first-order valence-corrected chi connectivity index (χ1v) is 10.9. The number of nitrogens with one attached hydrogen (secondary N) is 2. The van der Waals surface area contributed by atoms with Gasteiger partial charge in [-0.05, 0) is 48.7 Å². The lowest BCUT2D eigenvalue weighted by molar-refractivity contribution is -0.137. The van der Waals surface area contributed by atoms with Crippen LogP contribution in [-0.2, 0) is 17.5 Å². The number of guanidine groups is 1. The molecule has 0 bridgehead atoms. The molecule has 1 aliphatic carbocycles. The summed E-state index contributed by atoms with van der Waals surface area (Å²) in [5.74, 6) is -0.342. The maximum absolute atomic E-state index is 13.1. The Morgan fingerprint density at radius 2 is 1.85 bits per heavy atom. The molecule has 0 heterocycles. The highest BCUT2D eigenvalue weighted by molar-refractivity contribution is 5.97. The van der Waals surface area contributed by atoms with Crippen LogP contribution in [0.1, 0.15) is 60.0 Å². The van der Waals surface area contributed by atoms with Crippen molar-refractivity contribution in [1.29, 1.82) is 0 Å². The lowest BCUT2D eigenvalue weighted by Crippen LogP contribution is -2.39. The molecule has 6 nitrogen and oxygen atoms in total. The van der Waals surface area contributed by atoms with Gasteiger partial charge in [-0.3, -0.25) is 0 Å². The molecule has 1 aliphatic rings. The van der Waals surface area contributed by atoms with E-state index in [2.05, 4.69) is 15.6 Å². The Labute approximate surface area is 190 Å². The minimum atomic E-state index is -4.43. The second-order valence-electron chi connectivity index (χ2n) is 8.04. The van der Waals surface area contributed by atoms with Crippen LogP contribution in [0.25, 0.3) is 0 Å². The Morgan fingerprint density at radius 1 is 1.12 bits per heavy atom. The molecule has 2 aromatic carbocycles. The fraction of sp³-hybridized carbons (Fsp3) is 0.417. The topological polar surface area (TPSA) is 83.0 Å². The Hall–Kier alpha value is -3.23. The number of carbonyl (C=O) groups excluding carboxylic acids is 1. The maximum Gasteiger partial charge on any atom is 0.416 e. The predicted octanol–water partition coefficient (Wildman–Crippen LogP) is 5.48. The van der Waals surface area contributed by atoms with Crippen molar-refractivity contribution in [1.82, 2.24) is 5.32 Å². The number of hydrogen-bond acceptors (Lipinski definition) is 4. The first-order chi connectivity index (χ1) is 15.8. The molecule has 0 atom stereocenters. The largest absolute Gasteiger partial charge is 0.506 e. The first-order valence-electron chi connectivity index (χ1n) is 10.9. The smallest absolute Gasteiger partial charge is 0.416 e. The molecule has 0 aliphatic heterocycles. The molecule has 1 fully saturated rings. The number of halogens is 3. The Bertz CT molecular complexity index is 984. The Kier molecular flexibility index (Phi) is 8.19. The fourth-order valence-electron chi connectivity index (χ4n) is 3.76. The van der Waals surface area contributed by atoms with Gasteiger partial charge in [0.1, 0.15) is 5.75 Å². The van der Waals surface area contributed by atoms with E-state index in [1.165, 1.54) is 31.4 Å². The third kappa shape index (κ3) is 7.13. The van der Waals surface area contributed by atoms with Crippen molar-refractivity contribution in [2.24, 2.45) is 4.99 Å². The lowest BCUT2D eigenvalue weighted by atomic mass is 10.1. The number of rotatable bonds is 5. The summed E-state index contributed by atoms with van der Waals surface area (Å²) in [4.78, 5) is 16.3. The summed E-state index contributed by atoms with van der Waals surface area (Å²) in [6.45, 7) is 0.00340. The molecule has 3 rings (SSSR count). The number of alkyl halides is 3. The van der Waals surface area contributed by atoms with Gasteiger partial charge >= 0.3 is 12.1 Å². The number of carbonyl (C=O) groups is 1. The van der Waals surface area contributed by atoms with Crippen molar-refractivity contribution in [3.8, 4) is 5.75 Å². The average Bonchev–Trinajstić information content (AvgIpc) is 3.06. The summed E-state index contributed by atoms with van der Waals surface area (Å²) in [6.07, 6.45) is 1.91. The third-order valence-electron chi connectivity index (χ3n) is 5.54. The number of hydrogen-bond donors (Lipinski definition) is 3. The summed E-state index contributed by atoms with van der Waals surface area (Å²) in [7, 11) is 1.26. The number of esters is 1. The highest BCUT2D eigenvalue weighted by atomic mass is 19.4. The van der Waals surface area contributed by atoms with Gasteiger partial charge in [0, 0.05) is 6.04 Å². The number of phenols is 1. The SMILES string of the molecule is COC(=O)c1ccc(O)c(NC(=NCc2cccc(C(F)(F)F)c2)NC2CCCCCC2)c1. The zero-order chi connectivity index (χ0) is 23.8. The minimum Gasteiger partial charge on any atom is -0.506 e. The molecule has 1 saturated carbocycles. The second-order valence-corrected chi connectivity index (χ2v) is 8.04. The number of benzene rings is 2. The van der Waals surface area contributed by atoms with E-state index in [-0.39, 0.29) is 29.6 Å².